The summed E-state index contributed by atoms with van der Waals surface area (Å²) in [6.07, 6.45) is 8.81. The second kappa shape index (κ2) is 10.9. The number of benzene rings is 2. The van der Waals surface area contributed by atoms with Gasteiger partial charge < -0.3 is 10.2 Å². The number of carbonyl (C=O) groups is 1. The third kappa shape index (κ3) is 6.04. The minimum absolute atomic E-state index is 0.0260. The average molecular weight is 531 g/mol. The number of carbonyl (C=O) groups excluding carboxylic acids is 1. The Morgan fingerprint density at radius 3 is 2.58 bits per heavy atom. The largest absolute Gasteiger partial charge is 0.324 e. The number of pyridine rings is 1. The van der Waals surface area contributed by atoms with Gasteiger partial charge in [-0.15, -0.1) is 0 Å². The van der Waals surface area contributed by atoms with E-state index in [1.54, 1.807) is 30.7 Å². The van der Waals surface area contributed by atoms with Crippen LogP contribution in [0.3, 0.4) is 0 Å². The highest BCUT2D eigenvalue weighted by atomic mass is 32.2. The highest BCUT2D eigenvalue weighted by Crippen LogP contribution is 2.29. The number of Topliss-reactive ketones (excluding diaryl/α,β-unsaturated/α-hetero) is 1. The molecule has 0 unspecified atom stereocenters. The number of nitrogens with two attached hydrogens (primary N) is 1. The molecule has 0 spiro atoms. The van der Waals surface area contributed by atoms with Crippen LogP contribution < -0.4 is 10.5 Å². The molecule has 196 valence electrons. The van der Waals surface area contributed by atoms with Crippen molar-refractivity contribution in [2.45, 2.75) is 30.6 Å². The lowest BCUT2D eigenvalue weighted by atomic mass is 9.90. The number of ketones is 1. The summed E-state index contributed by atoms with van der Waals surface area (Å²) in [5.74, 6) is 1.06. The van der Waals surface area contributed by atoms with Crippen molar-refractivity contribution in [3.05, 3.63) is 72.7 Å². The number of sulfonamides is 1. The van der Waals surface area contributed by atoms with Gasteiger partial charge in [-0.05, 0) is 75.6 Å². The number of likely N-dealkylation sites (tertiary alicyclic amines) is 1. The number of hydrogen-bond donors (Lipinski definition) is 2. The van der Waals surface area contributed by atoms with Crippen molar-refractivity contribution in [2.24, 2.45) is 11.1 Å². The maximum Gasteiger partial charge on any atom is 0.238 e. The molecule has 3 N–H and O–H groups in total. The van der Waals surface area contributed by atoms with E-state index in [4.69, 9.17) is 10.1 Å². The fourth-order valence-electron chi connectivity index (χ4n) is 4.78. The van der Waals surface area contributed by atoms with Crippen LogP contribution in [0.1, 0.15) is 36.0 Å². The van der Waals surface area contributed by atoms with Gasteiger partial charge >= 0.3 is 0 Å². The van der Waals surface area contributed by atoms with Crippen molar-refractivity contribution < 1.29 is 13.2 Å². The monoisotopic (exact) mass is 530 g/mol. The lowest BCUT2D eigenvalue weighted by molar-refractivity contribution is 0.0965. The Kier molecular flexibility index (Phi) is 7.46. The molecule has 2 aromatic heterocycles. The van der Waals surface area contributed by atoms with E-state index in [-0.39, 0.29) is 10.7 Å². The smallest absolute Gasteiger partial charge is 0.238 e. The summed E-state index contributed by atoms with van der Waals surface area (Å²) in [6.45, 7) is 2.19. The van der Waals surface area contributed by atoms with Gasteiger partial charge in [-0.1, -0.05) is 18.2 Å². The van der Waals surface area contributed by atoms with Gasteiger partial charge in [0.2, 0.25) is 16.0 Å². The van der Waals surface area contributed by atoms with E-state index < -0.39 is 10.0 Å². The second-order valence-electron chi connectivity index (χ2n) is 9.80. The molecule has 0 atom stereocenters. The first-order chi connectivity index (χ1) is 18.3. The van der Waals surface area contributed by atoms with Gasteiger partial charge in [-0.3, -0.25) is 9.78 Å². The Balaban J connectivity index is 1.36. The summed E-state index contributed by atoms with van der Waals surface area (Å²) >= 11 is 0. The lowest BCUT2D eigenvalue weighted by Gasteiger charge is -2.28. The van der Waals surface area contributed by atoms with Crippen LogP contribution in [0.25, 0.3) is 22.0 Å². The fraction of sp³-hybridized carbons (Fsp3) is 0.286. The van der Waals surface area contributed by atoms with Crippen molar-refractivity contribution in [2.75, 3.05) is 25.5 Å². The topological polar surface area (TPSA) is 131 Å². The average Bonchev–Trinajstić information content (AvgIpc) is 2.92. The van der Waals surface area contributed by atoms with Crippen LogP contribution >= 0.6 is 0 Å². The summed E-state index contributed by atoms with van der Waals surface area (Å²) in [4.78, 5) is 28.8. The van der Waals surface area contributed by atoms with Gasteiger partial charge in [0.25, 0.3) is 0 Å². The Bertz CT molecular complexity index is 1570. The SMILES string of the molecule is CN1CCC(CCC(=O)c2cncc(-c3cccc4cnc(Nc5ccc(S(N)(=O)=O)cc5)nc34)c2)CC1. The third-order valence-electron chi connectivity index (χ3n) is 7.04. The molecule has 4 aromatic rings. The summed E-state index contributed by atoms with van der Waals surface area (Å²) in [6, 6.07) is 13.7. The first-order valence-electron chi connectivity index (χ1n) is 12.6. The zero-order chi connectivity index (χ0) is 26.7. The number of hydrogen-bond acceptors (Lipinski definition) is 8. The van der Waals surface area contributed by atoms with Crippen molar-refractivity contribution in [1.82, 2.24) is 19.9 Å². The van der Waals surface area contributed by atoms with Gasteiger partial charge in [0.15, 0.2) is 5.78 Å². The van der Waals surface area contributed by atoms with E-state index in [1.807, 2.05) is 24.3 Å². The Morgan fingerprint density at radius 2 is 1.84 bits per heavy atom. The number of anilines is 2. The lowest BCUT2D eigenvalue weighted by Crippen LogP contribution is -2.30. The Morgan fingerprint density at radius 1 is 1.08 bits per heavy atom. The van der Waals surface area contributed by atoms with Gasteiger partial charge in [0.1, 0.15) is 0 Å². The second-order valence-corrected chi connectivity index (χ2v) is 11.4. The van der Waals surface area contributed by atoms with Crippen LogP contribution in [0.5, 0.6) is 0 Å². The zero-order valence-corrected chi connectivity index (χ0v) is 22.0. The molecule has 0 amide bonds. The summed E-state index contributed by atoms with van der Waals surface area (Å²) in [5.41, 5.74) is 3.59. The minimum atomic E-state index is -3.77. The van der Waals surface area contributed by atoms with Crippen molar-refractivity contribution >= 4 is 38.3 Å². The fourth-order valence-corrected chi connectivity index (χ4v) is 5.29. The molecule has 1 aliphatic heterocycles. The molecule has 0 radical (unpaired) electrons. The van der Waals surface area contributed by atoms with Gasteiger partial charge in [-0.2, -0.15) is 0 Å². The van der Waals surface area contributed by atoms with Crippen LogP contribution in [0.15, 0.2) is 72.0 Å². The molecule has 1 aliphatic rings. The standard InChI is InChI=1S/C28H30N6O3S/c1-34-13-11-19(12-14-34)5-10-26(35)22-15-21(16-30-17-22)25-4-2-3-20-18-31-28(33-27(20)25)32-23-6-8-24(9-7-23)38(29,36)37/h2-4,6-9,15-19H,5,10-14H2,1H3,(H2,29,36,37)(H,31,32,33). The highest BCUT2D eigenvalue weighted by molar-refractivity contribution is 7.89. The van der Waals surface area contributed by atoms with Crippen molar-refractivity contribution in [3.63, 3.8) is 0 Å². The molecular formula is C28H30N6O3S. The number of para-hydroxylation sites is 1. The third-order valence-corrected chi connectivity index (χ3v) is 7.97. The quantitative estimate of drug-likeness (QED) is 0.321. The zero-order valence-electron chi connectivity index (χ0n) is 21.2. The first-order valence-corrected chi connectivity index (χ1v) is 14.1. The van der Waals surface area contributed by atoms with Gasteiger partial charge in [0.05, 0.1) is 10.4 Å². The summed E-state index contributed by atoms with van der Waals surface area (Å²) in [5, 5.41) is 9.12. The van der Waals surface area contributed by atoms with E-state index in [2.05, 4.69) is 27.2 Å². The predicted octanol–water partition coefficient (Wildman–Crippen LogP) is 4.39. The molecule has 10 heteroatoms. The Hall–Kier alpha value is -3.73. The van der Waals surface area contributed by atoms with Crippen LogP contribution in [-0.2, 0) is 10.0 Å². The van der Waals surface area contributed by atoms with E-state index >= 15 is 0 Å². The van der Waals surface area contributed by atoms with Crippen LogP contribution in [0.2, 0.25) is 0 Å². The van der Waals surface area contributed by atoms with Gasteiger partial charge in [-0.25, -0.2) is 23.5 Å². The molecule has 38 heavy (non-hydrogen) atoms. The molecule has 9 nitrogen and oxygen atoms in total. The maximum absolute atomic E-state index is 13.0. The first kappa shape index (κ1) is 25.9. The predicted molar refractivity (Wildman–Crippen MR) is 148 cm³/mol. The molecule has 0 aliphatic carbocycles. The summed E-state index contributed by atoms with van der Waals surface area (Å²) < 4.78 is 23.0. The van der Waals surface area contributed by atoms with E-state index in [1.165, 1.54) is 12.1 Å². The maximum atomic E-state index is 13.0. The number of rotatable bonds is 8. The van der Waals surface area contributed by atoms with Crippen LogP contribution in [0, 0.1) is 5.92 Å². The molecule has 1 saturated heterocycles. The number of primary sulfonamides is 1. The number of aromatic nitrogens is 3. The highest BCUT2D eigenvalue weighted by Gasteiger charge is 2.19. The molecular weight excluding hydrogens is 500 g/mol. The minimum Gasteiger partial charge on any atom is -0.324 e. The molecule has 2 aromatic carbocycles. The van der Waals surface area contributed by atoms with E-state index in [0.717, 1.165) is 48.9 Å². The van der Waals surface area contributed by atoms with Crippen LogP contribution in [0.4, 0.5) is 11.6 Å². The number of fused-ring (bicyclic) bond motifs is 1. The normalized spacial score (nSPS) is 15.0. The van der Waals surface area contributed by atoms with Gasteiger partial charge in [0, 0.05) is 52.8 Å². The van der Waals surface area contributed by atoms with E-state index in [9.17, 15) is 13.2 Å². The molecule has 0 saturated carbocycles. The Labute approximate surface area is 222 Å². The number of nitrogens with zero attached hydrogens (tertiary/aromatic N) is 4. The van der Waals surface area contributed by atoms with Crippen molar-refractivity contribution in [3.8, 4) is 11.1 Å². The summed E-state index contributed by atoms with van der Waals surface area (Å²) in [7, 11) is -1.63. The molecule has 1 fully saturated rings. The van der Waals surface area contributed by atoms with Crippen molar-refractivity contribution in [1.29, 1.82) is 0 Å². The molecule has 0 bridgehead atoms. The van der Waals surface area contributed by atoms with E-state index in [0.29, 0.717) is 35.1 Å². The number of nitrogens with one attached hydrogen (secondary N) is 1. The van der Waals surface area contributed by atoms with Crippen LogP contribution in [-0.4, -0.2) is 54.2 Å². The number of piperidine rings is 1. The molecule has 3 heterocycles. The molecule has 5 rings (SSSR count).